The molecule has 0 aliphatic rings. The van der Waals surface area contributed by atoms with Crippen molar-refractivity contribution in [2.45, 2.75) is 13.8 Å². The summed E-state index contributed by atoms with van der Waals surface area (Å²) in [6.07, 6.45) is 14.2. The summed E-state index contributed by atoms with van der Waals surface area (Å²) < 4.78 is 4.84. The average molecular weight is 712 g/mol. The zero-order chi connectivity index (χ0) is 36.8. The predicted molar refractivity (Wildman–Crippen MR) is 235 cm³/mol. The van der Waals surface area contributed by atoms with Gasteiger partial charge in [-0.1, -0.05) is 153 Å². The molecule has 6 aromatic carbocycles. The Kier molecular flexibility index (Phi) is 8.45. The van der Waals surface area contributed by atoms with Gasteiger partial charge < -0.3 is 0 Å². The topological polar surface area (TPSA) is 30.7 Å². The van der Waals surface area contributed by atoms with Crippen LogP contribution in [0.3, 0.4) is 0 Å². The van der Waals surface area contributed by atoms with Crippen molar-refractivity contribution in [3.05, 3.63) is 182 Å². The molecular formula is C50H37N3S. The molecule has 0 aliphatic heterocycles. The van der Waals surface area contributed by atoms with E-state index < -0.39 is 0 Å². The van der Waals surface area contributed by atoms with Crippen LogP contribution in [0.2, 0.25) is 0 Å². The summed E-state index contributed by atoms with van der Waals surface area (Å²) in [5.41, 5.74) is 9.66. The van der Waals surface area contributed by atoms with Crippen molar-refractivity contribution in [2.75, 3.05) is 0 Å². The van der Waals surface area contributed by atoms with Gasteiger partial charge in [0.05, 0.1) is 21.4 Å². The monoisotopic (exact) mass is 711 g/mol. The molecule has 9 rings (SSSR count). The lowest BCUT2D eigenvalue weighted by Crippen LogP contribution is -2.04. The number of allylic oxidation sites excluding steroid dienone is 6. The molecule has 0 radical (unpaired) electrons. The number of nitrogens with zero attached hydrogens (tertiary/aromatic N) is 3. The highest BCUT2D eigenvalue weighted by atomic mass is 32.1. The third kappa shape index (κ3) is 5.34. The van der Waals surface area contributed by atoms with Gasteiger partial charge in [-0.25, -0.2) is 9.97 Å². The van der Waals surface area contributed by atoms with E-state index >= 15 is 0 Å². The zero-order valence-electron chi connectivity index (χ0n) is 30.3. The maximum absolute atomic E-state index is 5.39. The number of benzene rings is 6. The standard InChI is InChI=1S/C50H37N3S/c1-5-9-19-33(8-4)42-31-45(52-50(51-42)35-21-11-10-12-22-35)53-43-29-28-32(7-3)37(18-6-2)46(43)41-30-40(38-26-17-23-34-20-13-14-24-36(34)38)47-39-25-15-16-27-44(39)54-49(47)48(41)53/h5-31H,1,3H2,2,4H3/b18-6-,19-9-,33-8+. The molecule has 3 aromatic heterocycles. The summed E-state index contributed by atoms with van der Waals surface area (Å²) in [7, 11) is 0. The Balaban J connectivity index is 1.51. The number of aromatic nitrogens is 3. The number of hydrogen-bond donors (Lipinski definition) is 0. The minimum atomic E-state index is 0.667. The minimum absolute atomic E-state index is 0.667. The van der Waals surface area contributed by atoms with Crippen LogP contribution in [0.25, 0.3) is 98.8 Å². The maximum Gasteiger partial charge on any atom is 0.162 e. The summed E-state index contributed by atoms with van der Waals surface area (Å²) in [6, 6.07) is 43.4. The molecule has 0 saturated heterocycles. The third-order valence-electron chi connectivity index (χ3n) is 10.2. The molecular weight excluding hydrogens is 675 g/mol. The van der Waals surface area contributed by atoms with E-state index in [-0.39, 0.29) is 0 Å². The van der Waals surface area contributed by atoms with Crippen LogP contribution >= 0.6 is 11.3 Å². The zero-order valence-corrected chi connectivity index (χ0v) is 31.1. The Morgan fingerprint density at radius 3 is 2.30 bits per heavy atom. The smallest absolute Gasteiger partial charge is 0.162 e. The van der Waals surface area contributed by atoms with Crippen LogP contribution in [0, 0.1) is 0 Å². The van der Waals surface area contributed by atoms with Crippen LogP contribution < -0.4 is 0 Å². The molecule has 3 heterocycles. The van der Waals surface area contributed by atoms with Crippen LogP contribution in [0.5, 0.6) is 0 Å². The molecule has 0 atom stereocenters. The van der Waals surface area contributed by atoms with Gasteiger partial charge in [-0.15, -0.1) is 11.3 Å². The Labute approximate surface area is 318 Å². The molecule has 0 unspecified atom stereocenters. The van der Waals surface area contributed by atoms with Gasteiger partial charge in [-0.3, -0.25) is 4.57 Å². The molecule has 0 fully saturated rings. The predicted octanol–water partition coefficient (Wildman–Crippen LogP) is 14.3. The first kappa shape index (κ1) is 33.2. The highest BCUT2D eigenvalue weighted by molar-refractivity contribution is 7.26. The van der Waals surface area contributed by atoms with Crippen molar-refractivity contribution in [1.82, 2.24) is 14.5 Å². The fourth-order valence-corrected chi connectivity index (χ4v) is 9.13. The van der Waals surface area contributed by atoms with Crippen molar-refractivity contribution in [3.63, 3.8) is 0 Å². The van der Waals surface area contributed by atoms with E-state index in [1.54, 1.807) is 6.08 Å². The van der Waals surface area contributed by atoms with Crippen LogP contribution in [0.15, 0.2) is 165 Å². The molecule has 0 amide bonds. The average Bonchev–Trinajstić information content (AvgIpc) is 3.78. The summed E-state index contributed by atoms with van der Waals surface area (Å²) in [4.78, 5) is 10.5. The number of fused-ring (bicyclic) bond motifs is 8. The van der Waals surface area contributed by atoms with E-state index in [4.69, 9.17) is 9.97 Å². The van der Waals surface area contributed by atoms with Crippen molar-refractivity contribution in [2.24, 2.45) is 0 Å². The van der Waals surface area contributed by atoms with Crippen molar-refractivity contribution in [3.8, 4) is 28.3 Å². The first-order chi connectivity index (χ1) is 26.6. The summed E-state index contributed by atoms with van der Waals surface area (Å²) >= 11 is 1.85. The van der Waals surface area contributed by atoms with E-state index in [9.17, 15) is 0 Å². The highest BCUT2D eigenvalue weighted by Gasteiger charge is 2.25. The van der Waals surface area contributed by atoms with Gasteiger partial charge in [0.15, 0.2) is 5.82 Å². The Bertz CT molecular complexity index is 3040. The lowest BCUT2D eigenvalue weighted by molar-refractivity contribution is 1.04. The quantitative estimate of drug-likeness (QED) is 0.147. The van der Waals surface area contributed by atoms with E-state index in [1.807, 2.05) is 48.6 Å². The number of thiophene rings is 1. The second-order valence-corrected chi connectivity index (χ2v) is 14.3. The molecule has 9 aromatic rings. The minimum Gasteiger partial charge on any atom is -0.292 e. The molecule has 0 saturated carbocycles. The normalized spacial score (nSPS) is 12.4. The van der Waals surface area contributed by atoms with E-state index in [0.717, 1.165) is 44.8 Å². The van der Waals surface area contributed by atoms with Gasteiger partial charge in [0, 0.05) is 37.9 Å². The van der Waals surface area contributed by atoms with Crippen LogP contribution in [0.4, 0.5) is 0 Å². The second kappa shape index (κ2) is 13.7. The Hall–Kier alpha value is -6.62. The largest absolute Gasteiger partial charge is 0.292 e. The van der Waals surface area contributed by atoms with Gasteiger partial charge >= 0.3 is 0 Å². The van der Waals surface area contributed by atoms with Crippen molar-refractivity contribution >= 4 is 81.8 Å². The third-order valence-corrected chi connectivity index (χ3v) is 11.4. The summed E-state index contributed by atoms with van der Waals surface area (Å²) in [6.45, 7) is 12.3. The van der Waals surface area contributed by atoms with Gasteiger partial charge in [0.1, 0.15) is 5.82 Å². The van der Waals surface area contributed by atoms with E-state index in [1.165, 1.54) is 52.8 Å². The molecule has 0 spiro atoms. The number of hydrogen-bond acceptors (Lipinski definition) is 3. The molecule has 54 heavy (non-hydrogen) atoms. The van der Waals surface area contributed by atoms with Gasteiger partial charge in [0.25, 0.3) is 0 Å². The highest BCUT2D eigenvalue weighted by Crippen LogP contribution is 2.49. The fourth-order valence-electron chi connectivity index (χ4n) is 7.86. The Morgan fingerprint density at radius 1 is 0.722 bits per heavy atom. The molecule has 258 valence electrons. The van der Waals surface area contributed by atoms with Gasteiger partial charge in [-0.2, -0.15) is 0 Å². The maximum atomic E-state index is 5.39. The summed E-state index contributed by atoms with van der Waals surface area (Å²) in [5.74, 6) is 1.47. The number of rotatable bonds is 8. The molecule has 0 aliphatic carbocycles. The lowest BCUT2D eigenvalue weighted by atomic mass is 9.92. The van der Waals surface area contributed by atoms with Gasteiger partial charge in [0.2, 0.25) is 0 Å². The van der Waals surface area contributed by atoms with Crippen molar-refractivity contribution < 1.29 is 0 Å². The first-order valence-corrected chi connectivity index (χ1v) is 19.0. The van der Waals surface area contributed by atoms with Crippen LogP contribution in [-0.4, -0.2) is 14.5 Å². The van der Waals surface area contributed by atoms with E-state index in [2.05, 4.69) is 152 Å². The first-order valence-electron chi connectivity index (χ1n) is 18.2. The molecule has 4 heteroatoms. The molecule has 3 nitrogen and oxygen atoms in total. The van der Waals surface area contributed by atoms with Crippen LogP contribution in [-0.2, 0) is 0 Å². The second-order valence-electron chi connectivity index (χ2n) is 13.3. The SMILES string of the molecule is C=C/C=C\C(=C/C)c1cc(-n2c3ccc(C=C)c(/C=C\C)c3c3cc(-c4cccc5ccccc45)c4c5ccccc5sc4c32)nc(-c2ccccc2)n1. The molecule has 0 bridgehead atoms. The van der Waals surface area contributed by atoms with Crippen molar-refractivity contribution in [1.29, 1.82) is 0 Å². The Morgan fingerprint density at radius 2 is 1.50 bits per heavy atom. The lowest BCUT2D eigenvalue weighted by Gasteiger charge is -2.14. The van der Waals surface area contributed by atoms with Crippen LogP contribution in [0.1, 0.15) is 30.7 Å². The fraction of sp³-hybridized carbons (Fsp3) is 0.0400. The summed E-state index contributed by atoms with van der Waals surface area (Å²) in [5, 5.41) is 7.29. The van der Waals surface area contributed by atoms with Gasteiger partial charge in [-0.05, 0) is 70.6 Å². The molecule has 0 N–H and O–H groups in total. The van der Waals surface area contributed by atoms with E-state index in [0.29, 0.717) is 5.82 Å².